The Morgan fingerprint density at radius 3 is 2.64 bits per heavy atom. The lowest BCUT2D eigenvalue weighted by Gasteiger charge is -2.29. The van der Waals surface area contributed by atoms with Crippen molar-refractivity contribution in [1.29, 1.82) is 0 Å². The van der Waals surface area contributed by atoms with Crippen LogP contribution >= 0.6 is 11.6 Å². The van der Waals surface area contributed by atoms with Crippen molar-refractivity contribution in [3.8, 4) is 0 Å². The zero-order valence-corrected chi connectivity index (χ0v) is 7.61. The van der Waals surface area contributed by atoms with Crippen LogP contribution in [0.15, 0.2) is 11.6 Å². The molecule has 0 saturated carbocycles. The minimum Gasteiger partial charge on any atom is -0.454 e. The lowest BCUT2D eigenvalue weighted by Crippen LogP contribution is -2.36. The molecule has 0 amide bonds. The highest BCUT2D eigenvalue weighted by molar-refractivity contribution is 6.32. The number of cyclic esters (lactones) is 1. The van der Waals surface area contributed by atoms with Crippen LogP contribution < -0.4 is 0 Å². The van der Waals surface area contributed by atoms with Crippen LogP contribution in [0.3, 0.4) is 0 Å². The maximum absolute atomic E-state index is 11.0. The summed E-state index contributed by atoms with van der Waals surface area (Å²) in [7, 11) is 0. The average Bonchev–Trinajstić information content (AvgIpc) is 1.81. The van der Waals surface area contributed by atoms with Crippen molar-refractivity contribution < 1.29 is 9.53 Å². The van der Waals surface area contributed by atoms with E-state index in [1.165, 1.54) is 0 Å². The first-order chi connectivity index (χ1) is 4.92. The molecular formula is C8H11ClO2. The molecule has 0 aliphatic carbocycles. The first-order valence-electron chi connectivity index (χ1n) is 3.49. The lowest BCUT2D eigenvalue weighted by atomic mass is 10.0. The standard InChI is InChI=1S/C8H11ClO2/c1-5-4-8(2,3)11-7(10)6(5)9/h4,6H,1-3H3. The van der Waals surface area contributed by atoms with Crippen molar-refractivity contribution in [3.05, 3.63) is 11.6 Å². The van der Waals surface area contributed by atoms with Crippen LogP contribution in [-0.2, 0) is 9.53 Å². The molecule has 0 bridgehead atoms. The molecule has 2 nitrogen and oxygen atoms in total. The molecule has 0 aromatic heterocycles. The molecule has 0 N–H and O–H groups in total. The van der Waals surface area contributed by atoms with E-state index < -0.39 is 11.0 Å². The number of alkyl halides is 1. The summed E-state index contributed by atoms with van der Waals surface area (Å²) in [6, 6.07) is 0. The Hall–Kier alpha value is -0.500. The monoisotopic (exact) mass is 174 g/mol. The first-order valence-corrected chi connectivity index (χ1v) is 3.92. The number of hydrogen-bond acceptors (Lipinski definition) is 2. The largest absolute Gasteiger partial charge is 0.454 e. The van der Waals surface area contributed by atoms with Gasteiger partial charge in [-0.25, -0.2) is 0 Å². The summed E-state index contributed by atoms with van der Waals surface area (Å²) in [5.74, 6) is -0.350. The van der Waals surface area contributed by atoms with E-state index in [1.807, 2.05) is 26.8 Å². The fraction of sp³-hybridized carbons (Fsp3) is 0.625. The summed E-state index contributed by atoms with van der Waals surface area (Å²) in [4.78, 5) is 11.0. The van der Waals surface area contributed by atoms with Crippen molar-refractivity contribution >= 4 is 17.6 Å². The third-order valence-electron chi connectivity index (χ3n) is 1.55. The van der Waals surface area contributed by atoms with Crippen molar-refractivity contribution in [2.75, 3.05) is 0 Å². The van der Waals surface area contributed by atoms with Crippen LogP contribution in [0.4, 0.5) is 0 Å². The van der Waals surface area contributed by atoms with Gasteiger partial charge in [0.15, 0.2) is 5.38 Å². The van der Waals surface area contributed by atoms with Crippen molar-refractivity contribution in [2.24, 2.45) is 0 Å². The number of carbonyl (C=O) groups is 1. The van der Waals surface area contributed by atoms with E-state index in [0.29, 0.717) is 0 Å². The van der Waals surface area contributed by atoms with E-state index in [4.69, 9.17) is 16.3 Å². The summed E-state index contributed by atoms with van der Waals surface area (Å²) in [5, 5.41) is -0.594. The van der Waals surface area contributed by atoms with Crippen LogP contribution in [0.25, 0.3) is 0 Å². The van der Waals surface area contributed by atoms with Crippen molar-refractivity contribution in [2.45, 2.75) is 31.7 Å². The second-order valence-electron chi connectivity index (χ2n) is 3.28. The lowest BCUT2D eigenvalue weighted by molar-refractivity contribution is -0.152. The number of rotatable bonds is 0. The highest BCUT2D eigenvalue weighted by Crippen LogP contribution is 2.25. The topological polar surface area (TPSA) is 26.3 Å². The molecule has 1 rings (SSSR count). The number of halogens is 1. The number of esters is 1. The highest BCUT2D eigenvalue weighted by atomic mass is 35.5. The number of carbonyl (C=O) groups excluding carboxylic acids is 1. The summed E-state index contributed by atoms with van der Waals surface area (Å²) < 4.78 is 5.01. The second-order valence-corrected chi connectivity index (χ2v) is 3.71. The van der Waals surface area contributed by atoms with Gasteiger partial charge < -0.3 is 4.74 Å². The quantitative estimate of drug-likeness (QED) is 0.319. The van der Waals surface area contributed by atoms with Gasteiger partial charge in [-0.1, -0.05) is 0 Å². The predicted octanol–water partition coefficient (Wildman–Crippen LogP) is 1.88. The molecule has 62 valence electrons. The third-order valence-corrected chi connectivity index (χ3v) is 2.07. The van der Waals surface area contributed by atoms with Gasteiger partial charge in [0.1, 0.15) is 5.60 Å². The van der Waals surface area contributed by atoms with Crippen LogP contribution in [0, 0.1) is 0 Å². The van der Waals surface area contributed by atoms with Crippen LogP contribution in [0.1, 0.15) is 20.8 Å². The second kappa shape index (κ2) is 2.52. The predicted molar refractivity (Wildman–Crippen MR) is 43.6 cm³/mol. The zero-order chi connectivity index (χ0) is 8.65. The summed E-state index contributed by atoms with van der Waals surface area (Å²) in [6.07, 6.45) is 1.87. The van der Waals surface area contributed by atoms with Crippen molar-refractivity contribution in [1.82, 2.24) is 0 Å². The minimum atomic E-state index is -0.594. The van der Waals surface area contributed by atoms with E-state index in [2.05, 4.69) is 0 Å². The van der Waals surface area contributed by atoms with Gasteiger partial charge >= 0.3 is 5.97 Å². The van der Waals surface area contributed by atoms with E-state index in [1.54, 1.807) is 0 Å². The third kappa shape index (κ3) is 1.74. The Labute approximate surface area is 71.2 Å². The SMILES string of the molecule is CC1=CC(C)(C)OC(=O)C1Cl. The minimum absolute atomic E-state index is 0.350. The van der Waals surface area contributed by atoms with Crippen LogP contribution in [-0.4, -0.2) is 16.9 Å². The molecular weight excluding hydrogens is 164 g/mol. The molecule has 0 fully saturated rings. The zero-order valence-electron chi connectivity index (χ0n) is 6.85. The van der Waals surface area contributed by atoms with Crippen molar-refractivity contribution in [3.63, 3.8) is 0 Å². The Kier molecular flexibility index (Phi) is 1.97. The maximum atomic E-state index is 11.0. The Balaban J connectivity index is 2.94. The Morgan fingerprint density at radius 2 is 2.18 bits per heavy atom. The summed E-state index contributed by atoms with van der Waals surface area (Å²) >= 11 is 5.70. The van der Waals surface area contributed by atoms with E-state index >= 15 is 0 Å². The van der Waals surface area contributed by atoms with Gasteiger partial charge in [-0.05, 0) is 32.4 Å². The summed E-state index contributed by atoms with van der Waals surface area (Å²) in [6.45, 7) is 5.49. The molecule has 1 heterocycles. The molecule has 0 spiro atoms. The molecule has 0 saturated heterocycles. The fourth-order valence-electron chi connectivity index (χ4n) is 1.15. The van der Waals surface area contributed by atoms with Gasteiger partial charge in [-0.2, -0.15) is 0 Å². The van der Waals surface area contributed by atoms with Crippen LogP contribution in [0.2, 0.25) is 0 Å². The molecule has 0 aromatic carbocycles. The smallest absolute Gasteiger partial charge is 0.329 e. The van der Waals surface area contributed by atoms with Gasteiger partial charge in [0.25, 0.3) is 0 Å². The fourth-order valence-corrected chi connectivity index (χ4v) is 1.26. The molecule has 1 aliphatic rings. The molecule has 11 heavy (non-hydrogen) atoms. The maximum Gasteiger partial charge on any atom is 0.329 e. The molecule has 0 aromatic rings. The van der Waals surface area contributed by atoms with Gasteiger partial charge in [-0.3, -0.25) is 4.79 Å². The summed E-state index contributed by atoms with van der Waals surface area (Å²) in [5.41, 5.74) is 0.375. The van der Waals surface area contributed by atoms with Crippen LogP contribution in [0.5, 0.6) is 0 Å². The first kappa shape index (κ1) is 8.60. The van der Waals surface area contributed by atoms with Gasteiger partial charge in [0.2, 0.25) is 0 Å². The number of hydrogen-bond donors (Lipinski definition) is 0. The molecule has 3 heteroatoms. The molecule has 0 radical (unpaired) electrons. The molecule has 1 unspecified atom stereocenters. The normalized spacial score (nSPS) is 29.3. The van der Waals surface area contributed by atoms with Gasteiger partial charge in [0.05, 0.1) is 0 Å². The van der Waals surface area contributed by atoms with E-state index in [9.17, 15) is 4.79 Å². The van der Waals surface area contributed by atoms with E-state index in [0.717, 1.165) is 5.57 Å². The van der Waals surface area contributed by atoms with E-state index in [-0.39, 0.29) is 5.97 Å². The highest BCUT2D eigenvalue weighted by Gasteiger charge is 2.32. The molecule has 1 aliphatic heterocycles. The average molecular weight is 175 g/mol. The van der Waals surface area contributed by atoms with Gasteiger partial charge in [-0.15, -0.1) is 11.6 Å². The Morgan fingerprint density at radius 1 is 1.64 bits per heavy atom. The Bertz CT molecular complexity index is 218. The number of ether oxygens (including phenoxy) is 1. The van der Waals surface area contributed by atoms with Gasteiger partial charge in [0, 0.05) is 0 Å². The molecule has 1 atom stereocenters.